The van der Waals surface area contributed by atoms with Crippen LogP contribution in [0.25, 0.3) is 0 Å². The maximum atomic E-state index is 8.96. The molecule has 15 heavy (non-hydrogen) atoms. The van der Waals surface area contributed by atoms with Crippen molar-refractivity contribution in [1.82, 2.24) is 4.90 Å². The number of allylic oxidation sites excluding steroid dienone is 6. The number of nitriles is 1. The highest BCUT2D eigenvalue weighted by molar-refractivity contribution is 5.26. The first-order chi connectivity index (χ1) is 7.15. The van der Waals surface area contributed by atoms with Crippen molar-refractivity contribution >= 4 is 0 Å². The normalized spacial score (nSPS) is 11.3. The predicted molar refractivity (Wildman–Crippen MR) is 65.2 cm³/mol. The minimum Gasteiger partial charge on any atom is -0.364 e. The molecule has 0 aliphatic carbocycles. The van der Waals surface area contributed by atoms with Gasteiger partial charge in [-0.25, -0.2) is 0 Å². The maximum absolute atomic E-state index is 8.96. The van der Waals surface area contributed by atoms with Crippen molar-refractivity contribution in [3.8, 4) is 6.07 Å². The zero-order valence-electron chi connectivity index (χ0n) is 10.1. The van der Waals surface area contributed by atoms with Gasteiger partial charge in [-0.05, 0) is 33.8 Å². The molecule has 0 spiro atoms. The molecule has 0 rings (SSSR count). The fourth-order valence-corrected chi connectivity index (χ4v) is 1.17. The lowest BCUT2D eigenvalue weighted by atomic mass is 10.3. The number of hydrogen-bond acceptors (Lipinski definition) is 2. The molecular weight excluding hydrogens is 184 g/mol. The van der Waals surface area contributed by atoms with E-state index in [0.717, 1.165) is 18.8 Å². The van der Waals surface area contributed by atoms with Crippen LogP contribution in [-0.4, -0.2) is 18.0 Å². The Balaban J connectivity index is 4.55. The lowest BCUT2D eigenvalue weighted by molar-refractivity contribution is 0.397. The second-order valence-corrected chi connectivity index (χ2v) is 3.46. The van der Waals surface area contributed by atoms with Gasteiger partial charge in [0.1, 0.15) is 11.8 Å². The van der Waals surface area contributed by atoms with Crippen molar-refractivity contribution in [2.45, 2.75) is 27.7 Å². The topological polar surface area (TPSA) is 27.0 Å². The third-order valence-electron chi connectivity index (χ3n) is 2.01. The quantitative estimate of drug-likeness (QED) is 0.507. The monoisotopic (exact) mass is 204 g/mol. The first-order valence-corrected chi connectivity index (χ1v) is 5.32. The van der Waals surface area contributed by atoms with Gasteiger partial charge in [0.05, 0.1) is 0 Å². The Kier molecular flexibility index (Phi) is 7.09. The van der Waals surface area contributed by atoms with E-state index in [9.17, 15) is 0 Å². The maximum Gasteiger partial charge on any atom is 0.117 e. The molecule has 0 aliphatic heterocycles. The summed E-state index contributed by atoms with van der Waals surface area (Å²) in [5.41, 5.74) is 1.97. The van der Waals surface area contributed by atoms with Crippen molar-refractivity contribution in [2.24, 2.45) is 0 Å². The number of hydrogen-bond donors (Lipinski definition) is 0. The second-order valence-electron chi connectivity index (χ2n) is 3.46. The van der Waals surface area contributed by atoms with E-state index in [2.05, 4.69) is 19.9 Å². The second kappa shape index (κ2) is 7.87. The highest BCUT2D eigenvalue weighted by Crippen LogP contribution is 2.02. The molecule has 2 nitrogen and oxygen atoms in total. The summed E-state index contributed by atoms with van der Waals surface area (Å²) in [5.74, 6) is 0. The smallest absolute Gasteiger partial charge is 0.117 e. The van der Waals surface area contributed by atoms with Gasteiger partial charge in [-0.15, -0.1) is 0 Å². The Morgan fingerprint density at radius 2 is 1.67 bits per heavy atom. The van der Waals surface area contributed by atoms with E-state index in [1.54, 1.807) is 0 Å². The molecule has 0 aromatic heterocycles. The van der Waals surface area contributed by atoms with Crippen LogP contribution in [0.3, 0.4) is 0 Å². The average Bonchev–Trinajstić information content (AvgIpc) is 2.22. The van der Waals surface area contributed by atoms with Crippen LogP contribution in [0, 0.1) is 11.3 Å². The molecule has 0 aromatic carbocycles. The summed E-state index contributed by atoms with van der Waals surface area (Å²) >= 11 is 0. The van der Waals surface area contributed by atoms with Crippen LogP contribution in [0.4, 0.5) is 0 Å². The molecular formula is C13H20N2. The molecule has 0 saturated carbocycles. The van der Waals surface area contributed by atoms with Crippen LogP contribution in [0.5, 0.6) is 0 Å². The third-order valence-corrected chi connectivity index (χ3v) is 2.01. The summed E-state index contributed by atoms with van der Waals surface area (Å²) < 4.78 is 0. The number of rotatable bonds is 5. The molecule has 0 N–H and O–H groups in total. The fourth-order valence-electron chi connectivity index (χ4n) is 1.17. The van der Waals surface area contributed by atoms with Gasteiger partial charge >= 0.3 is 0 Å². The molecule has 0 saturated heterocycles. The summed E-state index contributed by atoms with van der Waals surface area (Å²) in [6, 6.07) is 2.21. The standard InChI is InChI=1S/C13H20N2/c1-5-15(6-2)13(11-14)10-8-7-9-12(3)4/h7-10H,5-6H2,1-4H3/b8-7+,13-10+. The van der Waals surface area contributed by atoms with Crippen LogP contribution in [0.15, 0.2) is 35.6 Å². The summed E-state index contributed by atoms with van der Waals surface area (Å²) in [6.07, 6.45) is 7.74. The Labute approximate surface area is 93.2 Å². The fraction of sp³-hybridized carbons (Fsp3) is 0.462. The summed E-state index contributed by atoms with van der Waals surface area (Å²) in [6.45, 7) is 9.93. The van der Waals surface area contributed by atoms with E-state index < -0.39 is 0 Å². The summed E-state index contributed by atoms with van der Waals surface area (Å²) in [4.78, 5) is 2.03. The minimum absolute atomic E-state index is 0.721. The Hall–Kier alpha value is -1.49. The van der Waals surface area contributed by atoms with Crippen LogP contribution in [0.2, 0.25) is 0 Å². The van der Waals surface area contributed by atoms with Crippen molar-refractivity contribution in [2.75, 3.05) is 13.1 Å². The highest BCUT2D eigenvalue weighted by atomic mass is 15.1. The lowest BCUT2D eigenvalue weighted by Crippen LogP contribution is -2.21. The zero-order valence-corrected chi connectivity index (χ0v) is 10.1. The molecule has 0 unspecified atom stereocenters. The Bertz CT molecular complexity index is 295. The largest absolute Gasteiger partial charge is 0.364 e. The molecule has 0 bridgehead atoms. The van der Waals surface area contributed by atoms with Gasteiger partial charge in [-0.1, -0.05) is 23.8 Å². The molecule has 0 heterocycles. The van der Waals surface area contributed by atoms with E-state index in [1.165, 1.54) is 5.57 Å². The molecule has 0 radical (unpaired) electrons. The third kappa shape index (κ3) is 5.74. The van der Waals surface area contributed by atoms with Crippen molar-refractivity contribution in [3.05, 3.63) is 35.6 Å². The van der Waals surface area contributed by atoms with Gasteiger partial charge in [-0.3, -0.25) is 0 Å². The van der Waals surface area contributed by atoms with Crippen LogP contribution >= 0.6 is 0 Å². The Morgan fingerprint density at radius 3 is 2.07 bits per heavy atom. The molecule has 0 fully saturated rings. The van der Waals surface area contributed by atoms with E-state index >= 15 is 0 Å². The van der Waals surface area contributed by atoms with Gasteiger partial charge in [0, 0.05) is 13.1 Å². The van der Waals surface area contributed by atoms with Crippen molar-refractivity contribution in [3.63, 3.8) is 0 Å². The Morgan fingerprint density at radius 1 is 1.13 bits per heavy atom. The summed E-state index contributed by atoms with van der Waals surface area (Å²) in [5, 5.41) is 8.96. The van der Waals surface area contributed by atoms with Crippen molar-refractivity contribution in [1.29, 1.82) is 5.26 Å². The average molecular weight is 204 g/mol. The van der Waals surface area contributed by atoms with Gasteiger partial charge in [0.15, 0.2) is 0 Å². The molecule has 0 aromatic rings. The van der Waals surface area contributed by atoms with Crippen LogP contribution < -0.4 is 0 Å². The van der Waals surface area contributed by atoms with Crippen LogP contribution in [0.1, 0.15) is 27.7 Å². The van der Waals surface area contributed by atoms with Gasteiger partial charge in [0.2, 0.25) is 0 Å². The summed E-state index contributed by atoms with van der Waals surface area (Å²) in [7, 11) is 0. The van der Waals surface area contributed by atoms with Gasteiger partial charge < -0.3 is 4.90 Å². The van der Waals surface area contributed by atoms with E-state index in [-0.39, 0.29) is 0 Å². The molecule has 0 amide bonds. The first-order valence-electron chi connectivity index (χ1n) is 5.32. The SMILES string of the molecule is CCN(CC)/C(C#N)=C/C=C/C=C(C)C. The molecule has 2 heteroatoms. The minimum atomic E-state index is 0.721. The van der Waals surface area contributed by atoms with E-state index in [0.29, 0.717) is 0 Å². The number of nitrogens with zero attached hydrogens (tertiary/aromatic N) is 2. The zero-order chi connectivity index (χ0) is 11.7. The molecule has 0 aliphatic rings. The molecule has 0 atom stereocenters. The lowest BCUT2D eigenvalue weighted by Gasteiger charge is -2.18. The van der Waals surface area contributed by atoms with Gasteiger partial charge in [-0.2, -0.15) is 5.26 Å². The van der Waals surface area contributed by atoms with E-state index in [1.807, 2.05) is 43.1 Å². The van der Waals surface area contributed by atoms with Gasteiger partial charge in [0.25, 0.3) is 0 Å². The predicted octanol–water partition coefficient (Wildman–Crippen LogP) is 3.26. The van der Waals surface area contributed by atoms with E-state index in [4.69, 9.17) is 5.26 Å². The highest BCUT2D eigenvalue weighted by Gasteiger charge is 2.01. The molecule has 82 valence electrons. The van der Waals surface area contributed by atoms with Crippen molar-refractivity contribution < 1.29 is 0 Å². The first kappa shape index (κ1) is 13.5. The van der Waals surface area contributed by atoms with Crippen LogP contribution in [-0.2, 0) is 0 Å².